The van der Waals surface area contributed by atoms with Crippen LogP contribution in [0.4, 0.5) is 0 Å². The number of carbonyl (C=O) groups excluding carboxylic acids is 1. The Hall–Kier alpha value is -0.480. The first-order chi connectivity index (χ1) is 8.22. The van der Waals surface area contributed by atoms with Crippen LogP contribution in [-0.2, 0) is 0 Å². The Morgan fingerprint density at radius 2 is 2.18 bits per heavy atom. The molecule has 0 N–H and O–H groups in total. The van der Waals surface area contributed by atoms with E-state index in [2.05, 4.69) is 15.9 Å². The molecular formula is C12H15BrClNO2. The minimum Gasteiger partial charge on any atom is -0.440 e. The lowest BCUT2D eigenvalue weighted by Crippen LogP contribution is -2.39. The zero-order valence-corrected chi connectivity index (χ0v) is 11.8. The van der Waals surface area contributed by atoms with Crippen LogP contribution in [-0.4, -0.2) is 28.7 Å². The molecular weight excluding hydrogens is 305 g/mol. The lowest BCUT2D eigenvalue weighted by molar-refractivity contribution is 0.0664. The first-order valence-electron chi connectivity index (χ1n) is 5.84. The number of halogens is 2. The average Bonchev–Trinajstić information content (AvgIpc) is 2.95. The minimum atomic E-state index is -0.0525. The largest absolute Gasteiger partial charge is 0.440 e. The van der Waals surface area contributed by atoms with Crippen molar-refractivity contribution in [2.45, 2.75) is 31.7 Å². The van der Waals surface area contributed by atoms with E-state index in [0.717, 1.165) is 18.2 Å². The van der Waals surface area contributed by atoms with E-state index >= 15 is 0 Å². The SMILES string of the molecule is O=C(c1ccc(Cl)o1)N(CCBr)C1CCCC1. The molecule has 1 aliphatic carbocycles. The first-order valence-corrected chi connectivity index (χ1v) is 7.34. The Morgan fingerprint density at radius 1 is 1.47 bits per heavy atom. The quantitative estimate of drug-likeness (QED) is 0.792. The highest BCUT2D eigenvalue weighted by molar-refractivity contribution is 9.09. The van der Waals surface area contributed by atoms with Gasteiger partial charge in [-0.2, -0.15) is 0 Å². The van der Waals surface area contributed by atoms with Gasteiger partial charge in [-0.05, 0) is 36.6 Å². The van der Waals surface area contributed by atoms with Gasteiger partial charge in [0.05, 0.1) is 0 Å². The topological polar surface area (TPSA) is 33.5 Å². The second kappa shape index (κ2) is 5.91. The van der Waals surface area contributed by atoms with Gasteiger partial charge in [-0.1, -0.05) is 28.8 Å². The van der Waals surface area contributed by atoms with Gasteiger partial charge in [0.2, 0.25) is 0 Å². The fourth-order valence-electron chi connectivity index (χ4n) is 2.33. The predicted octanol–water partition coefficient (Wildman–Crippen LogP) is 3.71. The molecule has 1 heterocycles. The highest BCUT2D eigenvalue weighted by Gasteiger charge is 2.28. The smallest absolute Gasteiger partial charge is 0.289 e. The third kappa shape index (κ3) is 3.05. The Kier molecular flexibility index (Phi) is 4.51. The average molecular weight is 321 g/mol. The van der Waals surface area contributed by atoms with Crippen molar-refractivity contribution in [3.05, 3.63) is 23.1 Å². The summed E-state index contributed by atoms with van der Waals surface area (Å²) in [4.78, 5) is 14.2. The summed E-state index contributed by atoms with van der Waals surface area (Å²) in [7, 11) is 0. The Bertz CT molecular complexity index is 388. The Morgan fingerprint density at radius 3 is 2.71 bits per heavy atom. The summed E-state index contributed by atoms with van der Waals surface area (Å²) >= 11 is 9.09. The van der Waals surface area contributed by atoms with Gasteiger partial charge < -0.3 is 9.32 Å². The van der Waals surface area contributed by atoms with E-state index in [0.29, 0.717) is 18.3 Å². The standard InChI is InChI=1S/C12H15BrClNO2/c13-7-8-15(9-3-1-2-4-9)12(16)10-5-6-11(14)17-10/h5-6,9H,1-4,7-8H2. The number of hydrogen-bond acceptors (Lipinski definition) is 2. The monoisotopic (exact) mass is 319 g/mol. The van der Waals surface area contributed by atoms with Crippen molar-refractivity contribution in [2.75, 3.05) is 11.9 Å². The zero-order chi connectivity index (χ0) is 12.3. The van der Waals surface area contributed by atoms with E-state index in [1.54, 1.807) is 12.1 Å². The van der Waals surface area contributed by atoms with E-state index in [4.69, 9.17) is 16.0 Å². The number of hydrogen-bond donors (Lipinski definition) is 0. The molecule has 1 aromatic heterocycles. The van der Waals surface area contributed by atoms with Crippen LogP contribution >= 0.6 is 27.5 Å². The maximum atomic E-state index is 12.3. The van der Waals surface area contributed by atoms with Gasteiger partial charge in [-0.3, -0.25) is 4.79 Å². The van der Waals surface area contributed by atoms with Crippen LogP contribution in [0.5, 0.6) is 0 Å². The molecule has 1 saturated carbocycles. The summed E-state index contributed by atoms with van der Waals surface area (Å²) in [5.41, 5.74) is 0. The number of nitrogens with zero attached hydrogens (tertiary/aromatic N) is 1. The van der Waals surface area contributed by atoms with E-state index in [1.165, 1.54) is 12.8 Å². The van der Waals surface area contributed by atoms with Crippen LogP contribution < -0.4 is 0 Å². The van der Waals surface area contributed by atoms with Gasteiger partial charge >= 0.3 is 0 Å². The predicted molar refractivity (Wildman–Crippen MR) is 70.8 cm³/mol. The molecule has 0 saturated heterocycles. The minimum absolute atomic E-state index is 0.0525. The van der Waals surface area contributed by atoms with Crippen LogP contribution in [0.1, 0.15) is 36.2 Å². The molecule has 0 aromatic carbocycles. The van der Waals surface area contributed by atoms with E-state index in [-0.39, 0.29) is 11.1 Å². The third-order valence-electron chi connectivity index (χ3n) is 3.14. The molecule has 0 radical (unpaired) electrons. The summed E-state index contributed by atoms with van der Waals surface area (Å²) < 4.78 is 5.19. The molecule has 3 nitrogen and oxygen atoms in total. The summed E-state index contributed by atoms with van der Waals surface area (Å²) in [6.07, 6.45) is 4.59. The highest BCUT2D eigenvalue weighted by atomic mass is 79.9. The number of alkyl halides is 1. The molecule has 0 atom stereocenters. The van der Waals surface area contributed by atoms with Crippen molar-refractivity contribution in [3.63, 3.8) is 0 Å². The van der Waals surface area contributed by atoms with E-state index < -0.39 is 0 Å². The van der Waals surface area contributed by atoms with Crippen molar-refractivity contribution in [2.24, 2.45) is 0 Å². The number of carbonyl (C=O) groups is 1. The molecule has 0 spiro atoms. The first kappa shape index (κ1) is 13.0. The lowest BCUT2D eigenvalue weighted by Gasteiger charge is -2.27. The van der Waals surface area contributed by atoms with Crippen molar-refractivity contribution in [1.29, 1.82) is 0 Å². The molecule has 1 amide bonds. The summed E-state index contributed by atoms with van der Waals surface area (Å²) in [6, 6.07) is 3.60. The summed E-state index contributed by atoms with van der Waals surface area (Å²) in [5, 5.41) is 1.04. The Labute approximate surface area is 114 Å². The van der Waals surface area contributed by atoms with Gasteiger partial charge in [0.15, 0.2) is 11.0 Å². The van der Waals surface area contributed by atoms with Gasteiger partial charge in [0, 0.05) is 17.9 Å². The summed E-state index contributed by atoms with van der Waals surface area (Å²) in [5.74, 6) is 0.283. The molecule has 0 bridgehead atoms. The number of rotatable bonds is 4. The number of amides is 1. The number of furan rings is 1. The van der Waals surface area contributed by atoms with Crippen LogP contribution in [0, 0.1) is 0 Å². The molecule has 1 fully saturated rings. The van der Waals surface area contributed by atoms with Gasteiger partial charge in [-0.15, -0.1) is 0 Å². The van der Waals surface area contributed by atoms with Crippen LogP contribution in [0.2, 0.25) is 5.22 Å². The van der Waals surface area contributed by atoms with E-state index in [1.807, 2.05) is 4.90 Å². The summed E-state index contributed by atoms with van der Waals surface area (Å²) in [6.45, 7) is 0.710. The molecule has 1 aliphatic rings. The molecule has 17 heavy (non-hydrogen) atoms. The van der Waals surface area contributed by atoms with Crippen LogP contribution in [0.25, 0.3) is 0 Å². The lowest BCUT2D eigenvalue weighted by atomic mass is 10.2. The molecule has 5 heteroatoms. The van der Waals surface area contributed by atoms with Crippen molar-refractivity contribution < 1.29 is 9.21 Å². The van der Waals surface area contributed by atoms with Crippen molar-refractivity contribution in [3.8, 4) is 0 Å². The van der Waals surface area contributed by atoms with E-state index in [9.17, 15) is 4.79 Å². The zero-order valence-electron chi connectivity index (χ0n) is 9.49. The third-order valence-corrected chi connectivity index (χ3v) is 3.69. The van der Waals surface area contributed by atoms with Crippen LogP contribution in [0.3, 0.4) is 0 Å². The van der Waals surface area contributed by atoms with Gasteiger partial charge in [-0.25, -0.2) is 0 Å². The normalized spacial score (nSPS) is 16.4. The maximum Gasteiger partial charge on any atom is 0.289 e. The fraction of sp³-hybridized carbons (Fsp3) is 0.583. The molecule has 94 valence electrons. The second-order valence-electron chi connectivity index (χ2n) is 4.23. The fourth-order valence-corrected chi connectivity index (χ4v) is 2.86. The molecule has 0 unspecified atom stereocenters. The van der Waals surface area contributed by atoms with Crippen molar-refractivity contribution >= 4 is 33.4 Å². The van der Waals surface area contributed by atoms with Gasteiger partial charge in [0.1, 0.15) is 0 Å². The van der Waals surface area contributed by atoms with Gasteiger partial charge in [0.25, 0.3) is 5.91 Å². The van der Waals surface area contributed by atoms with Crippen LogP contribution in [0.15, 0.2) is 16.5 Å². The molecule has 2 rings (SSSR count). The highest BCUT2D eigenvalue weighted by Crippen LogP contribution is 2.25. The maximum absolute atomic E-state index is 12.3. The Balaban J connectivity index is 2.12. The van der Waals surface area contributed by atoms with Crippen molar-refractivity contribution in [1.82, 2.24) is 4.90 Å². The second-order valence-corrected chi connectivity index (χ2v) is 5.40. The molecule has 0 aliphatic heterocycles. The molecule has 1 aromatic rings.